The van der Waals surface area contributed by atoms with Crippen LogP contribution in [0.1, 0.15) is 6.42 Å². The van der Waals surface area contributed by atoms with E-state index < -0.39 is 10.0 Å². The molecular weight excluding hydrogens is 250 g/mol. The Bertz CT molecular complexity index is 635. The predicted octanol–water partition coefficient (Wildman–Crippen LogP) is 1.33. The lowest BCUT2D eigenvalue weighted by atomic mass is 10.1. The lowest BCUT2D eigenvalue weighted by Crippen LogP contribution is -2.19. The maximum Gasteiger partial charge on any atom is 0.232 e. The molecule has 18 heavy (non-hydrogen) atoms. The van der Waals surface area contributed by atoms with Gasteiger partial charge in [0.05, 0.1) is 11.4 Å². The number of hydrogen-bond donors (Lipinski definition) is 2. The normalized spacial score (nSPS) is 11.6. The second-order valence-electron chi connectivity index (χ2n) is 3.97. The monoisotopic (exact) mass is 265 g/mol. The summed E-state index contributed by atoms with van der Waals surface area (Å²) in [6.07, 6.45) is 3.77. The van der Waals surface area contributed by atoms with Gasteiger partial charge in [-0.2, -0.15) is 0 Å². The predicted molar refractivity (Wildman–Crippen MR) is 72.8 cm³/mol. The fraction of sp³-hybridized carbons (Fsp3) is 0.250. The largest absolute Gasteiger partial charge is 0.330 e. The molecule has 0 aliphatic carbocycles. The maximum atomic E-state index is 11.8. The average Bonchev–Trinajstić information content (AvgIpc) is 2.37. The molecule has 1 aromatic heterocycles. The summed E-state index contributed by atoms with van der Waals surface area (Å²) in [6, 6.07) is 7.29. The standard InChI is InChI=1S/C12H15N3O2S/c13-6-2-8-18(16,17)15-12-4-1-3-10-5-7-14-9-11(10)12/h1,3-5,7,9,15H,2,6,8,13H2. The van der Waals surface area contributed by atoms with Gasteiger partial charge in [-0.3, -0.25) is 9.71 Å². The first kappa shape index (κ1) is 12.8. The maximum absolute atomic E-state index is 11.8. The van der Waals surface area contributed by atoms with Gasteiger partial charge < -0.3 is 5.73 Å². The Morgan fingerprint density at radius 2 is 2.11 bits per heavy atom. The molecule has 1 aromatic carbocycles. The number of benzene rings is 1. The zero-order valence-electron chi connectivity index (χ0n) is 9.83. The summed E-state index contributed by atoms with van der Waals surface area (Å²) in [7, 11) is -3.35. The molecule has 0 aliphatic rings. The first-order valence-electron chi connectivity index (χ1n) is 5.66. The zero-order valence-corrected chi connectivity index (χ0v) is 10.7. The van der Waals surface area contributed by atoms with E-state index in [1.807, 2.05) is 18.2 Å². The minimum absolute atomic E-state index is 0.0279. The molecule has 2 rings (SSSR count). The van der Waals surface area contributed by atoms with E-state index in [9.17, 15) is 8.42 Å². The second kappa shape index (κ2) is 5.32. The number of nitrogens with one attached hydrogen (secondary N) is 1. The van der Waals surface area contributed by atoms with E-state index in [4.69, 9.17) is 5.73 Å². The van der Waals surface area contributed by atoms with Gasteiger partial charge in [-0.25, -0.2) is 8.42 Å². The van der Waals surface area contributed by atoms with Crippen LogP contribution in [0.5, 0.6) is 0 Å². The molecule has 0 saturated heterocycles. The molecule has 2 aromatic rings. The summed E-state index contributed by atoms with van der Waals surface area (Å²) in [5, 5.41) is 1.74. The molecule has 5 nitrogen and oxygen atoms in total. The number of sulfonamides is 1. The van der Waals surface area contributed by atoms with E-state index in [2.05, 4.69) is 9.71 Å². The first-order valence-corrected chi connectivity index (χ1v) is 7.31. The molecule has 0 spiro atoms. The Kier molecular flexibility index (Phi) is 3.78. The van der Waals surface area contributed by atoms with E-state index in [1.165, 1.54) is 0 Å². The molecule has 0 bridgehead atoms. The summed E-state index contributed by atoms with van der Waals surface area (Å²) in [6.45, 7) is 0.359. The van der Waals surface area contributed by atoms with Crippen molar-refractivity contribution in [3.8, 4) is 0 Å². The van der Waals surface area contributed by atoms with Gasteiger partial charge in [0.15, 0.2) is 0 Å². The molecule has 0 atom stereocenters. The van der Waals surface area contributed by atoms with Gasteiger partial charge in [0.1, 0.15) is 0 Å². The van der Waals surface area contributed by atoms with Crippen LogP contribution in [0.4, 0.5) is 5.69 Å². The quantitative estimate of drug-likeness (QED) is 0.854. The van der Waals surface area contributed by atoms with E-state index >= 15 is 0 Å². The number of pyridine rings is 1. The highest BCUT2D eigenvalue weighted by atomic mass is 32.2. The Morgan fingerprint density at radius 1 is 1.28 bits per heavy atom. The minimum Gasteiger partial charge on any atom is -0.330 e. The number of aromatic nitrogens is 1. The van der Waals surface area contributed by atoms with Crippen molar-refractivity contribution in [3.05, 3.63) is 36.7 Å². The van der Waals surface area contributed by atoms with Gasteiger partial charge >= 0.3 is 0 Å². The zero-order chi connectivity index (χ0) is 13.0. The minimum atomic E-state index is -3.35. The Balaban J connectivity index is 2.32. The molecule has 0 amide bonds. The Morgan fingerprint density at radius 3 is 2.89 bits per heavy atom. The summed E-state index contributed by atoms with van der Waals surface area (Å²) in [5.74, 6) is 0.0279. The van der Waals surface area contributed by atoms with E-state index in [-0.39, 0.29) is 5.75 Å². The van der Waals surface area contributed by atoms with Crippen molar-refractivity contribution in [2.24, 2.45) is 5.73 Å². The van der Waals surface area contributed by atoms with Crippen LogP contribution in [-0.4, -0.2) is 25.7 Å². The molecule has 1 heterocycles. The van der Waals surface area contributed by atoms with E-state index in [0.29, 0.717) is 18.7 Å². The van der Waals surface area contributed by atoms with Gasteiger partial charge in [-0.1, -0.05) is 12.1 Å². The molecule has 0 unspecified atom stereocenters. The number of rotatable bonds is 5. The molecule has 6 heteroatoms. The van der Waals surface area contributed by atoms with Gasteiger partial charge in [-0.05, 0) is 30.5 Å². The summed E-state index contributed by atoms with van der Waals surface area (Å²) >= 11 is 0. The van der Waals surface area contributed by atoms with Gasteiger partial charge in [0.2, 0.25) is 10.0 Å². The molecule has 3 N–H and O–H groups in total. The highest BCUT2D eigenvalue weighted by Gasteiger charge is 2.11. The Labute approximate surface area is 106 Å². The number of nitrogens with two attached hydrogens (primary N) is 1. The topological polar surface area (TPSA) is 85.1 Å². The SMILES string of the molecule is NCCCS(=O)(=O)Nc1cccc2ccncc12. The van der Waals surface area contributed by atoms with Crippen LogP contribution in [0.3, 0.4) is 0 Å². The lowest BCUT2D eigenvalue weighted by molar-refractivity contribution is 0.599. The average molecular weight is 265 g/mol. The number of anilines is 1. The smallest absolute Gasteiger partial charge is 0.232 e. The van der Waals surface area contributed by atoms with Gasteiger partial charge in [-0.15, -0.1) is 0 Å². The molecule has 0 aliphatic heterocycles. The van der Waals surface area contributed by atoms with E-state index in [0.717, 1.165) is 10.8 Å². The van der Waals surface area contributed by atoms with Crippen LogP contribution in [0, 0.1) is 0 Å². The lowest BCUT2D eigenvalue weighted by Gasteiger charge is -2.09. The number of hydrogen-bond acceptors (Lipinski definition) is 4. The molecule has 0 radical (unpaired) electrons. The molecule has 0 fully saturated rings. The third kappa shape index (κ3) is 2.96. The summed E-state index contributed by atoms with van der Waals surface area (Å²) in [4.78, 5) is 4.01. The Hall–Kier alpha value is -1.66. The van der Waals surface area contributed by atoms with Crippen LogP contribution in [0.15, 0.2) is 36.7 Å². The van der Waals surface area contributed by atoms with Crippen molar-refractivity contribution in [2.45, 2.75) is 6.42 Å². The molecular formula is C12H15N3O2S. The van der Waals surface area contributed by atoms with Crippen molar-refractivity contribution >= 4 is 26.5 Å². The van der Waals surface area contributed by atoms with Crippen LogP contribution < -0.4 is 10.5 Å². The molecule has 96 valence electrons. The fourth-order valence-corrected chi connectivity index (χ4v) is 2.86. The van der Waals surface area contributed by atoms with Crippen LogP contribution in [-0.2, 0) is 10.0 Å². The van der Waals surface area contributed by atoms with Crippen molar-refractivity contribution < 1.29 is 8.42 Å². The number of fused-ring (bicyclic) bond motifs is 1. The van der Waals surface area contributed by atoms with Crippen molar-refractivity contribution in [3.63, 3.8) is 0 Å². The first-order chi connectivity index (χ1) is 8.62. The summed E-state index contributed by atoms with van der Waals surface area (Å²) < 4.78 is 26.2. The van der Waals surface area contributed by atoms with Crippen LogP contribution in [0.2, 0.25) is 0 Å². The van der Waals surface area contributed by atoms with Gasteiger partial charge in [0.25, 0.3) is 0 Å². The van der Waals surface area contributed by atoms with Crippen molar-refractivity contribution in [1.82, 2.24) is 4.98 Å². The summed E-state index contributed by atoms with van der Waals surface area (Å²) in [5.41, 5.74) is 5.87. The van der Waals surface area contributed by atoms with E-state index in [1.54, 1.807) is 18.5 Å². The highest BCUT2D eigenvalue weighted by Crippen LogP contribution is 2.23. The number of nitrogens with zero attached hydrogens (tertiary/aromatic N) is 1. The van der Waals surface area contributed by atoms with Crippen LogP contribution in [0.25, 0.3) is 10.8 Å². The van der Waals surface area contributed by atoms with Crippen LogP contribution >= 0.6 is 0 Å². The van der Waals surface area contributed by atoms with Gasteiger partial charge in [0, 0.05) is 17.8 Å². The van der Waals surface area contributed by atoms with Crippen molar-refractivity contribution in [2.75, 3.05) is 17.0 Å². The third-order valence-electron chi connectivity index (χ3n) is 2.57. The second-order valence-corrected chi connectivity index (χ2v) is 5.81. The third-order valence-corrected chi connectivity index (χ3v) is 3.92. The fourth-order valence-electron chi connectivity index (χ4n) is 1.69. The van der Waals surface area contributed by atoms with Crippen molar-refractivity contribution in [1.29, 1.82) is 0 Å². The molecule has 0 saturated carbocycles. The highest BCUT2D eigenvalue weighted by molar-refractivity contribution is 7.92.